The maximum absolute atomic E-state index is 14.5. The Morgan fingerprint density at radius 1 is 0.738 bits per heavy atom. The van der Waals surface area contributed by atoms with Crippen molar-refractivity contribution in [3.8, 4) is 17.0 Å². The molecule has 0 bridgehead atoms. The summed E-state index contributed by atoms with van der Waals surface area (Å²) in [5.74, 6) is 2.67. The summed E-state index contributed by atoms with van der Waals surface area (Å²) in [7, 11) is 5.64. The lowest BCUT2D eigenvalue weighted by molar-refractivity contribution is -0.141. The summed E-state index contributed by atoms with van der Waals surface area (Å²) in [4.78, 5) is 58.5. The normalized spacial score (nSPS) is 20.2. The molecule has 20 nitrogen and oxygen atoms in total. The molecule has 84 heavy (non-hydrogen) atoms. The first-order valence-electron chi connectivity index (χ1n) is 31.0. The number of likely N-dealkylation sites (N-methyl/N-ethyl adjacent to an activating group) is 1. The summed E-state index contributed by atoms with van der Waals surface area (Å²) in [5, 5.41) is 11.4. The van der Waals surface area contributed by atoms with E-state index < -0.39 is 23.8 Å². The highest BCUT2D eigenvalue weighted by molar-refractivity contribution is 5.91. The minimum atomic E-state index is -0.787. The molecule has 2 aliphatic heterocycles. The SMILES string of the molecule is C[C@@H](C(=O)N[C@H](C(=O)N1CC[C@@H]2CCN(CCc3ccc(OCCOCCOCCOCCOCCO[C@H]4CC[C@H](Nc5nccc(-c6cnn(Cc7ccccc7)c6N(C)C)n5)CC4)cc3)C[C@@H]21)C1CCCCC1)N(C)C(=O)OC(C)(C)C. The maximum atomic E-state index is 14.5. The Bertz CT molecular complexity index is 2610. The monoisotopic (exact) mass is 1160 g/mol. The lowest BCUT2D eigenvalue weighted by Gasteiger charge is -2.41. The molecule has 4 heterocycles. The Morgan fingerprint density at radius 3 is 2.06 bits per heavy atom. The van der Waals surface area contributed by atoms with E-state index >= 15 is 0 Å². The molecule has 4 atom stereocenters. The zero-order valence-corrected chi connectivity index (χ0v) is 51.2. The number of aromatic nitrogens is 4. The fraction of sp³-hybridized carbons (Fsp3) is 0.656. The summed E-state index contributed by atoms with van der Waals surface area (Å²) in [6, 6.07) is 19.6. The second-order valence-corrected chi connectivity index (χ2v) is 24.3. The van der Waals surface area contributed by atoms with E-state index in [2.05, 4.69) is 54.6 Å². The summed E-state index contributed by atoms with van der Waals surface area (Å²) >= 11 is 0. The van der Waals surface area contributed by atoms with Crippen molar-refractivity contribution >= 4 is 29.7 Å². The van der Waals surface area contributed by atoms with Gasteiger partial charge in [0.25, 0.3) is 0 Å². The minimum Gasteiger partial charge on any atom is -0.491 e. The predicted molar refractivity (Wildman–Crippen MR) is 324 cm³/mol. The molecule has 0 unspecified atom stereocenters. The second kappa shape index (κ2) is 32.6. The lowest BCUT2D eigenvalue weighted by atomic mass is 9.83. The van der Waals surface area contributed by atoms with Gasteiger partial charge >= 0.3 is 6.09 Å². The Hall–Kier alpha value is -5.90. The van der Waals surface area contributed by atoms with E-state index in [-0.39, 0.29) is 35.9 Å². The first-order valence-corrected chi connectivity index (χ1v) is 31.0. The number of amides is 3. The topological polar surface area (TPSA) is 196 Å². The highest BCUT2D eigenvalue weighted by Gasteiger charge is 2.45. The third-order valence-electron chi connectivity index (χ3n) is 16.7. The quantitative estimate of drug-likeness (QED) is 0.0458. The number of likely N-dealkylation sites (tertiary alicyclic amines) is 2. The Labute approximate surface area is 498 Å². The molecule has 8 rings (SSSR count). The van der Waals surface area contributed by atoms with E-state index in [0.717, 1.165) is 120 Å². The summed E-state index contributed by atoms with van der Waals surface area (Å²) in [5.41, 5.74) is 3.56. The van der Waals surface area contributed by atoms with Gasteiger partial charge in [0.2, 0.25) is 17.8 Å². The number of anilines is 2. The van der Waals surface area contributed by atoms with Gasteiger partial charge in [0.05, 0.1) is 89.6 Å². The fourth-order valence-electron chi connectivity index (χ4n) is 12.0. The van der Waals surface area contributed by atoms with Crippen molar-refractivity contribution in [2.45, 2.75) is 147 Å². The zero-order valence-electron chi connectivity index (χ0n) is 51.2. The van der Waals surface area contributed by atoms with E-state index in [1.165, 1.54) is 16.0 Å². The minimum absolute atomic E-state index is 0.0264. The number of benzene rings is 2. The number of carbonyl (C=O) groups excluding carboxylic acids is 3. The number of carbonyl (C=O) groups is 3. The van der Waals surface area contributed by atoms with Gasteiger partial charge in [-0.1, -0.05) is 61.7 Å². The first-order chi connectivity index (χ1) is 40.7. The molecule has 20 heteroatoms. The van der Waals surface area contributed by atoms with Gasteiger partial charge in [0, 0.05) is 59.1 Å². The summed E-state index contributed by atoms with van der Waals surface area (Å²) in [6.45, 7) is 16.2. The van der Waals surface area contributed by atoms with Crippen LogP contribution in [0.2, 0.25) is 0 Å². The number of fused-ring (bicyclic) bond motifs is 1. The van der Waals surface area contributed by atoms with Gasteiger partial charge in [-0.2, -0.15) is 5.10 Å². The van der Waals surface area contributed by atoms with Crippen molar-refractivity contribution in [2.75, 3.05) is 124 Å². The standard InChI is InChI=1S/C64H96N10O10/c1-47(71(7)63(77)84-64(2,3)4)59(75)69-58(51-16-12-9-13-17-51)61(76)73-33-29-50-28-32-72(46-57(50)73)31-27-48-18-22-53(23-19-48)82-42-40-80-38-36-78-34-35-79-37-39-81-41-43-83-54-24-20-52(21-25-54)67-62-65-30-26-56(68-62)55-44-66-74(60(55)70(5)6)45-49-14-10-8-11-15-49/h8,10-11,14-15,18-19,22-23,26,30,44,47,50-52,54,57-58H,9,12-13,16-17,20-21,24-25,27-29,31-43,45-46H2,1-7H3,(H,69,75)(H,65,67,68)/t47-,50-,52-,54-,57-,58-/m0/s1. The van der Waals surface area contributed by atoms with Crippen molar-refractivity contribution in [2.24, 2.45) is 11.8 Å². The highest BCUT2D eigenvalue weighted by atomic mass is 16.6. The molecule has 2 aromatic heterocycles. The van der Waals surface area contributed by atoms with Crippen LogP contribution in [0, 0.1) is 11.8 Å². The Balaban J connectivity index is 0.618. The molecule has 0 spiro atoms. The van der Waals surface area contributed by atoms with Gasteiger partial charge in [-0.25, -0.2) is 19.4 Å². The number of rotatable bonds is 31. The number of nitrogens with zero attached hydrogens (tertiary/aromatic N) is 8. The first kappa shape index (κ1) is 64.1. The van der Waals surface area contributed by atoms with Crippen LogP contribution >= 0.6 is 0 Å². The van der Waals surface area contributed by atoms with Gasteiger partial charge in [0.15, 0.2) is 0 Å². The van der Waals surface area contributed by atoms with Crippen LogP contribution in [-0.4, -0.2) is 202 Å². The van der Waals surface area contributed by atoms with Gasteiger partial charge in [-0.3, -0.25) is 14.5 Å². The van der Waals surface area contributed by atoms with Gasteiger partial charge in [-0.05, 0) is 133 Å². The fourth-order valence-corrected chi connectivity index (χ4v) is 12.0. The van der Waals surface area contributed by atoms with Crippen LogP contribution < -0.4 is 20.3 Å². The van der Waals surface area contributed by atoms with Gasteiger partial charge < -0.3 is 58.5 Å². The largest absolute Gasteiger partial charge is 0.491 e. The van der Waals surface area contributed by atoms with Crippen LogP contribution in [0.15, 0.2) is 73.1 Å². The molecule has 2 aromatic carbocycles. The number of hydrogen-bond acceptors (Lipinski definition) is 16. The number of ether oxygens (including phenoxy) is 7. The van der Waals surface area contributed by atoms with Crippen molar-refractivity contribution in [1.29, 1.82) is 0 Å². The highest BCUT2D eigenvalue weighted by Crippen LogP contribution is 2.36. The Kier molecular flexibility index (Phi) is 24.9. The summed E-state index contributed by atoms with van der Waals surface area (Å²) < 4.78 is 42.5. The lowest BCUT2D eigenvalue weighted by Crippen LogP contribution is -2.59. The molecule has 2 saturated heterocycles. The molecule has 2 N–H and O–H groups in total. The molecule has 3 amide bonds. The van der Waals surface area contributed by atoms with Crippen molar-refractivity contribution in [3.05, 3.63) is 84.2 Å². The van der Waals surface area contributed by atoms with Crippen molar-refractivity contribution < 1.29 is 47.5 Å². The van der Waals surface area contributed by atoms with Crippen LogP contribution in [0.1, 0.15) is 109 Å². The van der Waals surface area contributed by atoms with E-state index in [1.54, 1.807) is 34.7 Å². The maximum Gasteiger partial charge on any atom is 0.410 e. The van der Waals surface area contributed by atoms with Crippen molar-refractivity contribution in [3.63, 3.8) is 0 Å². The molecule has 4 aromatic rings. The van der Waals surface area contributed by atoms with E-state index in [1.807, 2.05) is 67.6 Å². The molecule has 462 valence electrons. The molecular weight excluding hydrogens is 1070 g/mol. The Morgan fingerprint density at radius 2 is 1.39 bits per heavy atom. The van der Waals surface area contributed by atoms with Crippen LogP contribution in [0.4, 0.5) is 16.6 Å². The molecule has 4 aliphatic rings. The third-order valence-corrected chi connectivity index (χ3v) is 16.7. The third kappa shape index (κ3) is 19.6. The van der Waals surface area contributed by atoms with Gasteiger partial charge in [-0.15, -0.1) is 0 Å². The molecule has 0 radical (unpaired) electrons. The van der Waals surface area contributed by atoms with Crippen LogP contribution in [0.3, 0.4) is 0 Å². The van der Waals surface area contributed by atoms with Crippen LogP contribution in [0.5, 0.6) is 5.75 Å². The van der Waals surface area contributed by atoms with E-state index in [9.17, 15) is 14.4 Å². The zero-order chi connectivity index (χ0) is 59.3. The molecular formula is C64H96N10O10. The van der Waals surface area contributed by atoms with Crippen LogP contribution in [0.25, 0.3) is 11.3 Å². The molecule has 2 aliphatic carbocycles. The van der Waals surface area contributed by atoms with Crippen molar-refractivity contribution in [1.82, 2.24) is 39.8 Å². The van der Waals surface area contributed by atoms with Gasteiger partial charge in [0.1, 0.15) is 35.9 Å². The second-order valence-electron chi connectivity index (χ2n) is 24.3. The molecule has 4 fully saturated rings. The van der Waals surface area contributed by atoms with E-state index in [0.29, 0.717) is 91.0 Å². The average Bonchev–Trinajstić information content (AvgIpc) is 4.15. The predicted octanol–water partition coefficient (Wildman–Crippen LogP) is 8.13. The number of piperidine rings is 1. The van der Waals surface area contributed by atoms with E-state index in [4.69, 9.17) is 43.2 Å². The number of nitrogens with one attached hydrogen (secondary N) is 2. The summed E-state index contributed by atoms with van der Waals surface area (Å²) in [6.07, 6.45) is 15.3. The smallest absolute Gasteiger partial charge is 0.410 e. The van der Waals surface area contributed by atoms with Crippen LogP contribution in [-0.2, 0) is 51.0 Å². The average molecular weight is 1170 g/mol. The molecule has 2 saturated carbocycles. The number of hydrogen-bond donors (Lipinski definition) is 2.